The lowest BCUT2D eigenvalue weighted by Crippen LogP contribution is -2.49. The van der Waals surface area contributed by atoms with E-state index in [0.717, 1.165) is 6.54 Å². The topological polar surface area (TPSA) is 20.3 Å². The average molecular weight is 330 g/mol. The molecule has 1 atom stereocenters. The van der Waals surface area contributed by atoms with Crippen molar-refractivity contribution >= 4 is 17.4 Å². The number of hydrogen-bond acceptors (Lipinski definition) is 2. The van der Waals surface area contributed by atoms with Crippen molar-refractivity contribution in [3.63, 3.8) is 0 Å². The highest BCUT2D eigenvalue weighted by Gasteiger charge is 2.31. The summed E-state index contributed by atoms with van der Waals surface area (Å²) in [5, 5.41) is 0.591. The lowest BCUT2D eigenvalue weighted by atomic mass is 9.97. The summed E-state index contributed by atoms with van der Waals surface area (Å²) in [4.78, 5) is 15.1. The van der Waals surface area contributed by atoms with Crippen LogP contribution >= 0.6 is 11.6 Å². The first-order valence-electron chi connectivity index (χ1n) is 7.89. The predicted molar refractivity (Wildman–Crippen MR) is 97.0 cm³/mol. The number of halogens is 1. The van der Waals surface area contributed by atoms with Crippen LogP contribution in [0.15, 0.2) is 54.6 Å². The molecule has 122 valence electrons. The molecule has 0 spiro atoms. The number of nitrogens with zero attached hydrogens (tertiary/aromatic N) is 1. The van der Waals surface area contributed by atoms with Crippen LogP contribution < -0.4 is 0 Å². The highest BCUT2D eigenvalue weighted by atomic mass is 35.5. The Morgan fingerprint density at radius 2 is 1.74 bits per heavy atom. The fraction of sp³-hybridized carbons (Fsp3) is 0.350. The molecule has 0 fully saturated rings. The first kappa shape index (κ1) is 17.7. The zero-order valence-corrected chi connectivity index (χ0v) is 15.0. The van der Waals surface area contributed by atoms with Gasteiger partial charge < -0.3 is 0 Å². The van der Waals surface area contributed by atoms with E-state index in [-0.39, 0.29) is 17.4 Å². The number of hydrogen-bond donors (Lipinski definition) is 0. The number of carbonyl (C=O) groups is 1. The van der Waals surface area contributed by atoms with Crippen LogP contribution in [0.5, 0.6) is 0 Å². The quantitative estimate of drug-likeness (QED) is 0.702. The Hall–Kier alpha value is -1.64. The van der Waals surface area contributed by atoms with Crippen LogP contribution in [-0.4, -0.2) is 22.3 Å². The van der Waals surface area contributed by atoms with Gasteiger partial charge in [0, 0.05) is 22.7 Å². The lowest BCUT2D eigenvalue weighted by molar-refractivity contribution is 0.0579. The third-order valence-electron chi connectivity index (χ3n) is 4.01. The van der Waals surface area contributed by atoms with Crippen LogP contribution in [0.2, 0.25) is 5.02 Å². The van der Waals surface area contributed by atoms with Crippen molar-refractivity contribution in [2.24, 2.45) is 0 Å². The molecule has 0 aliphatic heterocycles. The maximum Gasteiger partial charge on any atom is 0.179 e. The molecule has 2 aromatic carbocycles. The molecule has 0 aliphatic rings. The maximum absolute atomic E-state index is 12.9. The molecule has 2 rings (SSSR count). The van der Waals surface area contributed by atoms with Crippen molar-refractivity contribution in [1.82, 2.24) is 4.90 Å². The van der Waals surface area contributed by atoms with Crippen LogP contribution in [0.25, 0.3) is 0 Å². The van der Waals surface area contributed by atoms with Gasteiger partial charge in [-0.05, 0) is 45.4 Å². The van der Waals surface area contributed by atoms with Gasteiger partial charge in [0.15, 0.2) is 5.78 Å². The van der Waals surface area contributed by atoms with Crippen LogP contribution in [0.4, 0.5) is 0 Å². The van der Waals surface area contributed by atoms with E-state index in [1.807, 2.05) is 37.3 Å². The Bertz CT molecular complexity index is 661. The van der Waals surface area contributed by atoms with Gasteiger partial charge in [0.25, 0.3) is 0 Å². The summed E-state index contributed by atoms with van der Waals surface area (Å²) < 4.78 is 0. The number of rotatable bonds is 5. The van der Waals surface area contributed by atoms with Crippen molar-refractivity contribution in [1.29, 1.82) is 0 Å². The molecule has 0 N–H and O–H groups in total. The molecule has 2 aromatic rings. The second-order valence-corrected chi connectivity index (χ2v) is 7.27. The Balaban J connectivity index is 2.26. The van der Waals surface area contributed by atoms with Crippen LogP contribution in [0, 0.1) is 0 Å². The molecule has 0 saturated carbocycles. The number of Topliss-reactive ketones (excluding diaryl/α,β-unsaturated/α-hetero) is 1. The Morgan fingerprint density at radius 3 is 2.30 bits per heavy atom. The predicted octanol–water partition coefficient (Wildman–Crippen LogP) is 5.21. The standard InChI is InChI=1S/C20H24ClNO/c1-15(19(23)17-11-8-12-18(21)13-17)22(20(2,3)4)14-16-9-6-5-7-10-16/h5-13,15H,14H2,1-4H3. The van der Waals surface area contributed by atoms with Crippen molar-refractivity contribution in [3.05, 3.63) is 70.7 Å². The molecule has 0 heterocycles. The Morgan fingerprint density at radius 1 is 1.09 bits per heavy atom. The van der Waals surface area contributed by atoms with Crippen LogP contribution in [-0.2, 0) is 6.54 Å². The molecule has 23 heavy (non-hydrogen) atoms. The summed E-state index contributed by atoms with van der Waals surface area (Å²) in [7, 11) is 0. The van der Waals surface area contributed by atoms with Gasteiger partial charge in [-0.1, -0.05) is 54.1 Å². The second kappa shape index (κ2) is 7.29. The summed E-state index contributed by atoms with van der Waals surface area (Å²) in [6, 6.07) is 17.2. The van der Waals surface area contributed by atoms with Gasteiger partial charge in [-0.15, -0.1) is 0 Å². The smallest absolute Gasteiger partial charge is 0.179 e. The largest absolute Gasteiger partial charge is 0.292 e. The summed E-state index contributed by atoms with van der Waals surface area (Å²) in [6.45, 7) is 9.11. The highest BCUT2D eigenvalue weighted by Crippen LogP contribution is 2.23. The average Bonchev–Trinajstić information content (AvgIpc) is 2.51. The van der Waals surface area contributed by atoms with E-state index < -0.39 is 0 Å². The molecular formula is C20H24ClNO. The van der Waals surface area contributed by atoms with E-state index in [0.29, 0.717) is 10.6 Å². The minimum atomic E-state index is -0.228. The summed E-state index contributed by atoms with van der Waals surface area (Å²) in [6.07, 6.45) is 0. The van der Waals surface area contributed by atoms with Crippen molar-refractivity contribution < 1.29 is 4.79 Å². The minimum absolute atomic E-state index is 0.0957. The van der Waals surface area contributed by atoms with Gasteiger partial charge in [-0.3, -0.25) is 9.69 Å². The van der Waals surface area contributed by atoms with Gasteiger partial charge in [0.2, 0.25) is 0 Å². The fourth-order valence-electron chi connectivity index (χ4n) is 2.76. The summed E-state index contributed by atoms with van der Waals surface area (Å²) in [5.74, 6) is 0.0957. The fourth-order valence-corrected chi connectivity index (χ4v) is 2.95. The van der Waals surface area contributed by atoms with Gasteiger partial charge in [0.05, 0.1) is 6.04 Å². The van der Waals surface area contributed by atoms with Gasteiger partial charge in [0.1, 0.15) is 0 Å². The molecule has 0 saturated heterocycles. The van der Waals surface area contributed by atoms with Crippen molar-refractivity contribution in [2.45, 2.75) is 45.8 Å². The number of carbonyl (C=O) groups excluding carboxylic acids is 1. The molecule has 0 aliphatic carbocycles. The van der Waals surface area contributed by atoms with Crippen LogP contribution in [0.3, 0.4) is 0 Å². The molecule has 0 amide bonds. The van der Waals surface area contributed by atoms with E-state index in [4.69, 9.17) is 11.6 Å². The third kappa shape index (κ3) is 4.66. The molecule has 3 heteroatoms. The minimum Gasteiger partial charge on any atom is -0.292 e. The maximum atomic E-state index is 12.9. The van der Waals surface area contributed by atoms with E-state index in [2.05, 4.69) is 37.8 Å². The first-order chi connectivity index (χ1) is 10.8. The van der Waals surface area contributed by atoms with E-state index in [9.17, 15) is 4.79 Å². The van der Waals surface area contributed by atoms with Gasteiger partial charge in [-0.25, -0.2) is 0 Å². The zero-order chi connectivity index (χ0) is 17.0. The van der Waals surface area contributed by atoms with E-state index >= 15 is 0 Å². The zero-order valence-electron chi connectivity index (χ0n) is 14.2. The molecule has 0 aromatic heterocycles. The van der Waals surface area contributed by atoms with Crippen molar-refractivity contribution in [3.8, 4) is 0 Å². The third-order valence-corrected chi connectivity index (χ3v) is 4.25. The summed E-state index contributed by atoms with van der Waals surface area (Å²) in [5.41, 5.74) is 1.74. The Labute approximate surface area is 144 Å². The van der Waals surface area contributed by atoms with E-state index in [1.54, 1.807) is 12.1 Å². The summed E-state index contributed by atoms with van der Waals surface area (Å²) >= 11 is 6.03. The van der Waals surface area contributed by atoms with Gasteiger partial charge in [-0.2, -0.15) is 0 Å². The monoisotopic (exact) mass is 329 g/mol. The normalized spacial score (nSPS) is 13.1. The first-order valence-corrected chi connectivity index (χ1v) is 8.27. The van der Waals surface area contributed by atoms with Crippen LogP contribution in [0.1, 0.15) is 43.6 Å². The number of ketones is 1. The van der Waals surface area contributed by atoms with E-state index in [1.165, 1.54) is 5.56 Å². The molecule has 0 radical (unpaired) electrons. The SMILES string of the molecule is CC(C(=O)c1cccc(Cl)c1)N(Cc1ccccc1)C(C)(C)C. The second-order valence-electron chi connectivity index (χ2n) is 6.83. The van der Waals surface area contributed by atoms with Crippen molar-refractivity contribution in [2.75, 3.05) is 0 Å². The lowest BCUT2D eigenvalue weighted by Gasteiger charge is -2.39. The van der Waals surface area contributed by atoms with Gasteiger partial charge >= 0.3 is 0 Å². The molecule has 2 nitrogen and oxygen atoms in total. The Kier molecular flexibility index (Phi) is 5.61. The highest BCUT2D eigenvalue weighted by molar-refractivity contribution is 6.31. The molecule has 1 unspecified atom stereocenters. The number of benzene rings is 2. The molecule has 0 bridgehead atoms. The molecular weight excluding hydrogens is 306 g/mol.